The van der Waals surface area contributed by atoms with E-state index in [1.54, 1.807) is 36.0 Å². The Labute approximate surface area is 242 Å². The van der Waals surface area contributed by atoms with Gasteiger partial charge in [0.1, 0.15) is 0 Å². The van der Waals surface area contributed by atoms with Crippen LogP contribution in [0.15, 0.2) is 77.7 Å². The normalized spacial score (nSPS) is 18.5. The first-order chi connectivity index (χ1) is 19.8. The summed E-state index contributed by atoms with van der Waals surface area (Å²) in [6.45, 7) is 0.297. The van der Waals surface area contributed by atoms with Crippen molar-refractivity contribution in [2.75, 3.05) is 5.75 Å². The number of benzene rings is 3. The molecule has 3 aromatic rings. The third-order valence-electron chi connectivity index (χ3n) is 6.69. The Morgan fingerprint density at radius 2 is 1.49 bits per heavy atom. The maximum Gasteiger partial charge on any atom is 0.335 e. The number of hydrogen-bond donors (Lipinski definition) is 4. The number of aliphatic hydroxyl groups excluding tert-OH is 1. The first-order valence-electron chi connectivity index (χ1n) is 13.3. The zero-order valence-electron chi connectivity index (χ0n) is 22.4. The van der Waals surface area contributed by atoms with E-state index in [1.807, 2.05) is 48.5 Å². The van der Waals surface area contributed by atoms with Crippen LogP contribution in [0.1, 0.15) is 70.7 Å². The second-order valence-electron chi connectivity index (χ2n) is 9.76. The zero-order chi connectivity index (χ0) is 29.2. The lowest BCUT2D eigenvalue weighted by atomic mass is 10.0. The lowest BCUT2D eigenvalue weighted by Crippen LogP contribution is -2.31. The number of ether oxygens (including phenoxy) is 2. The standard InChI is InChI=1S/C31H33NO8S/c33-18-21-6-8-22(9-7-21)27-16-25(19-41-26-14-12-23(13-15-26)30(37)38)39-31(40-27)24-10-4-20(5-11-24)17-32-28(34)2-1-3-29(35)36/h4-15,25,27,31,33H,1-3,16-19H2,(H,32,34)(H,35,36)(H,37,38). The van der Waals surface area contributed by atoms with Gasteiger partial charge in [0.2, 0.25) is 5.91 Å². The predicted octanol–water partition coefficient (Wildman–Crippen LogP) is 5.09. The summed E-state index contributed by atoms with van der Waals surface area (Å²) in [5.74, 6) is -1.43. The molecule has 9 nitrogen and oxygen atoms in total. The van der Waals surface area contributed by atoms with Crippen LogP contribution in [0.3, 0.4) is 0 Å². The number of hydrogen-bond acceptors (Lipinski definition) is 7. The van der Waals surface area contributed by atoms with Crippen LogP contribution in [-0.4, -0.2) is 45.0 Å². The molecule has 3 atom stereocenters. The third-order valence-corrected chi connectivity index (χ3v) is 7.83. The van der Waals surface area contributed by atoms with Gasteiger partial charge in [-0.05, 0) is 47.4 Å². The highest BCUT2D eigenvalue weighted by Gasteiger charge is 2.32. The average molecular weight is 580 g/mol. The smallest absolute Gasteiger partial charge is 0.335 e. The molecule has 1 aliphatic rings. The van der Waals surface area contributed by atoms with Crippen LogP contribution in [0.4, 0.5) is 0 Å². The number of carbonyl (C=O) groups excluding carboxylic acids is 1. The molecule has 1 amide bonds. The van der Waals surface area contributed by atoms with Crippen molar-refractivity contribution in [2.45, 2.75) is 62.2 Å². The van der Waals surface area contributed by atoms with Crippen LogP contribution in [0.5, 0.6) is 0 Å². The summed E-state index contributed by atoms with van der Waals surface area (Å²) in [5.41, 5.74) is 3.77. The second kappa shape index (κ2) is 14.8. The van der Waals surface area contributed by atoms with E-state index >= 15 is 0 Å². The van der Waals surface area contributed by atoms with Crippen LogP contribution in [-0.2, 0) is 32.2 Å². The van der Waals surface area contributed by atoms with E-state index in [0.717, 1.165) is 27.1 Å². The lowest BCUT2D eigenvalue weighted by molar-refractivity contribution is -0.245. The van der Waals surface area contributed by atoms with E-state index in [-0.39, 0.29) is 43.1 Å². The predicted molar refractivity (Wildman–Crippen MR) is 152 cm³/mol. The van der Waals surface area contributed by atoms with E-state index in [1.165, 1.54) is 0 Å². The number of rotatable bonds is 13. The van der Waals surface area contributed by atoms with E-state index in [9.17, 15) is 19.5 Å². The number of aliphatic hydroxyl groups is 1. The number of thioether (sulfide) groups is 1. The minimum atomic E-state index is -0.962. The van der Waals surface area contributed by atoms with E-state index < -0.39 is 18.2 Å². The number of nitrogens with one attached hydrogen (secondary N) is 1. The number of carboxylic acids is 2. The Balaban J connectivity index is 1.41. The monoisotopic (exact) mass is 579 g/mol. The van der Waals surface area contributed by atoms with Crippen LogP contribution in [0.2, 0.25) is 0 Å². The highest BCUT2D eigenvalue weighted by atomic mass is 32.2. The van der Waals surface area contributed by atoms with Gasteiger partial charge in [0.05, 0.1) is 24.4 Å². The summed E-state index contributed by atoms with van der Waals surface area (Å²) in [5, 5.41) is 30.1. The minimum absolute atomic E-state index is 0.0351. The fourth-order valence-corrected chi connectivity index (χ4v) is 5.31. The molecule has 41 heavy (non-hydrogen) atoms. The minimum Gasteiger partial charge on any atom is -0.481 e. The van der Waals surface area contributed by atoms with Gasteiger partial charge in [-0.3, -0.25) is 9.59 Å². The third kappa shape index (κ3) is 9.15. The number of carboxylic acid groups (broad SMARTS) is 2. The maximum absolute atomic E-state index is 12.0. The zero-order valence-corrected chi connectivity index (χ0v) is 23.2. The number of aliphatic carboxylic acids is 1. The van der Waals surface area contributed by atoms with Crippen LogP contribution in [0, 0.1) is 0 Å². The van der Waals surface area contributed by atoms with Crippen molar-refractivity contribution in [3.8, 4) is 0 Å². The summed E-state index contributed by atoms with van der Waals surface area (Å²) in [6, 6.07) is 22.0. The van der Waals surface area contributed by atoms with Gasteiger partial charge in [-0.25, -0.2) is 4.79 Å². The van der Waals surface area contributed by atoms with Crippen LogP contribution in [0.25, 0.3) is 0 Å². The number of amides is 1. The molecule has 216 valence electrons. The molecule has 4 rings (SSSR count). The maximum atomic E-state index is 12.0. The summed E-state index contributed by atoms with van der Waals surface area (Å²) < 4.78 is 12.7. The molecule has 0 aliphatic carbocycles. The molecule has 0 bridgehead atoms. The highest BCUT2D eigenvalue weighted by Crippen LogP contribution is 2.39. The second-order valence-corrected chi connectivity index (χ2v) is 10.8. The SMILES string of the molecule is O=C(O)CCCC(=O)NCc1ccc(C2OC(CSc3ccc(C(=O)O)cc3)CC(c3ccc(CO)cc3)O2)cc1. The molecule has 1 aliphatic heterocycles. The Morgan fingerprint density at radius 3 is 2.12 bits per heavy atom. The van der Waals surface area contributed by atoms with Crippen molar-refractivity contribution in [1.29, 1.82) is 0 Å². The fourth-order valence-electron chi connectivity index (χ4n) is 4.39. The molecule has 3 aromatic carbocycles. The van der Waals surface area contributed by atoms with Gasteiger partial charge in [0.15, 0.2) is 6.29 Å². The van der Waals surface area contributed by atoms with Crippen molar-refractivity contribution in [2.24, 2.45) is 0 Å². The Morgan fingerprint density at radius 1 is 0.829 bits per heavy atom. The molecular weight excluding hydrogens is 546 g/mol. The van der Waals surface area contributed by atoms with Crippen molar-refractivity contribution < 1.29 is 39.2 Å². The summed E-state index contributed by atoms with van der Waals surface area (Å²) in [7, 11) is 0. The van der Waals surface area contributed by atoms with Crippen LogP contribution < -0.4 is 5.32 Å². The molecular formula is C31H33NO8S. The Kier molecular flexibility index (Phi) is 10.9. The largest absolute Gasteiger partial charge is 0.481 e. The van der Waals surface area contributed by atoms with Crippen molar-refractivity contribution in [3.05, 3.63) is 101 Å². The quantitative estimate of drug-likeness (QED) is 0.204. The molecule has 0 aromatic heterocycles. The first-order valence-corrected chi connectivity index (χ1v) is 14.3. The van der Waals surface area contributed by atoms with Gasteiger partial charge in [-0.15, -0.1) is 11.8 Å². The molecule has 4 N–H and O–H groups in total. The van der Waals surface area contributed by atoms with Crippen LogP contribution >= 0.6 is 11.8 Å². The molecule has 1 saturated heterocycles. The van der Waals surface area contributed by atoms with Crippen molar-refractivity contribution in [3.63, 3.8) is 0 Å². The molecule has 0 saturated carbocycles. The van der Waals surface area contributed by atoms with Gasteiger partial charge < -0.3 is 30.1 Å². The van der Waals surface area contributed by atoms with Gasteiger partial charge >= 0.3 is 11.9 Å². The van der Waals surface area contributed by atoms with E-state index in [0.29, 0.717) is 25.1 Å². The van der Waals surface area contributed by atoms with Gasteiger partial charge in [-0.2, -0.15) is 0 Å². The van der Waals surface area contributed by atoms with E-state index in [4.69, 9.17) is 19.7 Å². The Bertz CT molecular complexity index is 1310. The molecule has 3 unspecified atom stereocenters. The first kappa shape index (κ1) is 30.3. The molecule has 1 fully saturated rings. The lowest BCUT2D eigenvalue weighted by Gasteiger charge is -2.36. The van der Waals surface area contributed by atoms with Gasteiger partial charge in [-0.1, -0.05) is 48.5 Å². The summed E-state index contributed by atoms with van der Waals surface area (Å²) in [4.78, 5) is 34.7. The molecule has 0 radical (unpaired) electrons. The van der Waals surface area contributed by atoms with Gasteiger partial charge in [0.25, 0.3) is 0 Å². The van der Waals surface area contributed by atoms with Crippen molar-refractivity contribution >= 4 is 29.6 Å². The van der Waals surface area contributed by atoms with Gasteiger partial charge in [0, 0.05) is 42.0 Å². The molecule has 1 heterocycles. The molecule has 10 heteroatoms. The number of carbonyl (C=O) groups is 3. The highest BCUT2D eigenvalue weighted by molar-refractivity contribution is 7.99. The van der Waals surface area contributed by atoms with Crippen molar-refractivity contribution in [1.82, 2.24) is 5.32 Å². The fraction of sp³-hybridized carbons (Fsp3) is 0.323. The van der Waals surface area contributed by atoms with E-state index in [2.05, 4.69) is 5.32 Å². The Hall–Kier alpha value is -3.70. The molecule has 0 spiro atoms. The topological polar surface area (TPSA) is 142 Å². The summed E-state index contributed by atoms with van der Waals surface area (Å²) in [6.07, 6.45) is 0.0569. The summed E-state index contributed by atoms with van der Waals surface area (Å²) >= 11 is 1.59. The number of aromatic carboxylic acids is 1. The average Bonchev–Trinajstić information content (AvgIpc) is 2.99.